The Balaban J connectivity index is 1.63. The Labute approximate surface area is 152 Å². The van der Waals surface area contributed by atoms with E-state index in [9.17, 15) is 18.0 Å². The largest absolute Gasteiger partial charge is 0.482 e. The van der Waals surface area contributed by atoms with Crippen molar-refractivity contribution in [2.75, 3.05) is 31.1 Å². The molecule has 1 aromatic carbocycles. The number of amides is 2. The van der Waals surface area contributed by atoms with E-state index in [1.165, 1.54) is 21.3 Å². The predicted molar refractivity (Wildman–Crippen MR) is 93.4 cm³/mol. The third-order valence-electron chi connectivity index (χ3n) is 4.82. The average molecular weight is 379 g/mol. The van der Waals surface area contributed by atoms with Crippen LogP contribution in [-0.4, -0.2) is 56.8 Å². The molecule has 1 aliphatic carbocycles. The monoisotopic (exact) mass is 379 g/mol. The van der Waals surface area contributed by atoms with E-state index in [-0.39, 0.29) is 35.9 Å². The fraction of sp³-hybridized carbons (Fsp3) is 0.529. The van der Waals surface area contributed by atoms with E-state index in [1.807, 2.05) is 0 Å². The van der Waals surface area contributed by atoms with Gasteiger partial charge in [-0.2, -0.15) is 4.31 Å². The quantitative estimate of drug-likeness (QED) is 0.803. The van der Waals surface area contributed by atoms with Gasteiger partial charge in [-0.15, -0.1) is 0 Å². The third-order valence-corrected chi connectivity index (χ3v) is 6.72. The Hall–Kier alpha value is -2.13. The van der Waals surface area contributed by atoms with E-state index in [0.29, 0.717) is 24.5 Å². The van der Waals surface area contributed by atoms with Gasteiger partial charge in [-0.05, 0) is 43.9 Å². The molecule has 3 aliphatic rings. The lowest BCUT2D eigenvalue weighted by molar-refractivity contribution is -0.125. The fourth-order valence-electron chi connectivity index (χ4n) is 3.24. The molecule has 2 amide bonds. The minimum Gasteiger partial charge on any atom is -0.482 e. The minimum atomic E-state index is -3.61. The minimum absolute atomic E-state index is 0.115. The molecular formula is C17H21N3O5S. The number of hydrogen-bond donors (Lipinski definition) is 1. The first-order valence-electron chi connectivity index (χ1n) is 8.82. The van der Waals surface area contributed by atoms with Gasteiger partial charge in [0, 0.05) is 19.1 Å². The summed E-state index contributed by atoms with van der Waals surface area (Å²) in [7, 11) is -3.61. The zero-order valence-corrected chi connectivity index (χ0v) is 15.1. The molecule has 8 nitrogen and oxygen atoms in total. The van der Waals surface area contributed by atoms with Crippen molar-refractivity contribution in [2.24, 2.45) is 0 Å². The summed E-state index contributed by atoms with van der Waals surface area (Å²) < 4.78 is 32.4. The molecule has 0 radical (unpaired) electrons. The van der Waals surface area contributed by atoms with Crippen LogP contribution in [0.25, 0.3) is 0 Å². The number of hydrogen-bond acceptors (Lipinski definition) is 5. The number of nitrogens with zero attached hydrogens (tertiary/aromatic N) is 2. The van der Waals surface area contributed by atoms with Crippen LogP contribution in [0.3, 0.4) is 0 Å². The lowest BCUT2D eigenvalue weighted by Crippen LogP contribution is -2.45. The van der Waals surface area contributed by atoms with Gasteiger partial charge >= 0.3 is 0 Å². The SMILES string of the molecule is O=C(CN1C(=O)COc2ccc(S(=O)(=O)N3CCCC3)cc21)NC1CC1. The molecule has 0 atom stereocenters. The van der Waals surface area contributed by atoms with Crippen molar-refractivity contribution < 1.29 is 22.7 Å². The summed E-state index contributed by atoms with van der Waals surface area (Å²) in [6, 6.07) is 4.67. The number of benzene rings is 1. The summed E-state index contributed by atoms with van der Waals surface area (Å²) in [5.74, 6) is -0.204. The van der Waals surface area contributed by atoms with Crippen LogP contribution in [0, 0.1) is 0 Å². The molecule has 2 fully saturated rings. The molecule has 0 bridgehead atoms. The van der Waals surface area contributed by atoms with Crippen LogP contribution < -0.4 is 15.0 Å². The Morgan fingerprint density at radius 3 is 2.65 bits per heavy atom. The molecule has 1 aromatic rings. The van der Waals surface area contributed by atoms with E-state index < -0.39 is 10.0 Å². The zero-order chi connectivity index (χ0) is 18.3. The van der Waals surface area contributed by atoms with Gasteiger partial charge in [0.25, 0.3) is 5.91 Å². The van der Waals surface area contributed by atoms with Crippen LogP contribution in [-0.2, 0) is 19.6 Å². The summed E-state index contributed by atoms with van der Waals surface area (Å²) in [5.41, 5.74) is 0.326. The summed E-state index contributed by atoms with van der Waals surface area (Å²) in [4.78, 5) is 25.8. The molecule has 1 N–H and O–H groups in total. The van der Waals surface area contributed by atoms with Gasteiger partial charge in [-0.3, -0.25) is 14.5 Å². The Morgan fingerprint density at radius 2 is 1.96 bits per heavy atom. The molecule has 4 rings (SSSR count). The summed E-state index contributed by atoms with van der Waals surface area (Å²) in [6.07, 6.45) is 3.60. The molecule has 2 aliphatic heterocycles. The predicted octanol–water partition coefficient (Wildman–Crippen LogP) is 0.475. The van der Waals surface area contributed by atoms with Crippen molar-refractivity contribution in [2.45, 2.75) is 36.6 Å². The maximum atomic E-state index is 12.8. The second kappa shape index (κ2) is 6.55. The standard InChI is InChI=1S/C17H21N3O5S/c21-16(18-12-3-4-12)10-20-14-9-13(5-6-15(14)25-11-17(20)22)26(23,24)19-7-1-2-8-19/h5-6,9,12H,1-4,7-8,10-11H2,(H,18,21). The van der Waals surface area contributed by atoms with Gasteiger partial charge in [0.2, 0.25) is 15.9 Å². The van der Waals surface area contributed by atoms with Crippen LogP contribution >= 0.6 is 0 Å². The molecule has 0 unspecified atom stereocenters. The van der Waals surface area contributed by atoms with Crippen molar-refractivity contribution in [3.63, 3.8) is 0 Å². The summed E-state index contributed by atoms with van der Waals surface area (Å²) in [6.45, 7) is 0.700. The molecule has 1 saturated carbocycles. The normalized spacial score (nSPS) is 20.6. The van der Waals surface area contributed by atoms with Crippen molar-refractivity contribution >= 4 is 27.5 Å². The van der Waals surface area contributed by atoms with E-state index in [0.717, 1.165) is 25.7 Å². The smallest absolute Gasteiger partial charge is 0.265 e. The topological polar surface area (TPSA) is 96.0 Å². The second-order valence-electron chi connectivity index (χ2n) is 6.85. The van der Waals surface area contributed by atoms with E-state index in [1.54, 1.807) is 6.07 Å². The second-order valence-corrected chi connectivity index (χ2v) is 8.79. The molecular weight excluding hydrogens is 358 g/mol. The van der Waals surface area contributed by atoms with Crippen LogP contribution in [0.5, 0.6) is 5.75 Å². The first kappa shape index (κ1) is 17.3. The average Bonchev–Trinajstić information content (AvgIpc) is 3.24. The summed E-state index contributed by atoms with van der Waals surface area (Å²) >= 11 is 0. The lowest BCUT2D eigenvalue weighted by Gasteiger charge is -2.29. The van der Waals surface area contributed by atoms with Crippen LogP contribution in [0.15, 0.2) is 23.1 Å². The summed E-state index contributed by atoms with van der Waals surface area (Å²) in [5, 5.41) is 2.84. The zero-order valence-electron chi connectivity index (χ0n) is 14.3. The number of fused-ring (bicyclic) bond motifs is 1. The first-order valence-corrected chi connectivity index (χ1v) is 10.3. The van der Waals surface area contributed by atoms with Gasteiger partial charge < -0.3 is 10.1 Å². The Kier molecular flexibility index (Phi) is 4.36. The number of ether oxygens (including phenoxy) is 1. The van der Waals surface area contributed by atoms with Gasteiger partial charge in [0.1, 0.15) is 12.3 Å². The molecule has 9 heteroatoms. The van der Waals surface area contributed by atoms with Gasteiger partial charge in [-0.1, -0.05) is 0 Å². The molecule has 0 aromatic heterocycles. The van der Waals surface area contributed by atoms with E-state index in [2.05, 4.69) is 5.32 Å². The third kappa shape index (κ3) is 3.28. The van der Waals surface area contributed by atoms with Gasteiger partial charge in [0.05, 0.1) is 10.6 Å². The van der Waals surface area contributed by atoms with Gasteiger partial charge in [-0.25, -0.2) is 8.42 Å². The molecule has 2 heterocycles. The Bertz CT molecular complexity index is 844. The molecule has 26 heavy (non-hydrogen) atoms. The molecule has 140 valence electrons. The first-order chi connectivity index (χ1) is 12.4. The van der Waals surface area contributed by atoms with Crippen LogP contribution in [0.1, 0.15) is 25.7 Å². The maximum Gasteiger partial charge on any atom is 0.265 e. The molecule has 1 saturated heterocycles. The molecule has 0 spiro atoms. The highest BCUT2D eigenvalue weighted by Crippen LogP contribution is 2.35. The van der Waals surface area contributed by atoms with Crippen molar-refractivity contribution in [1.82, 2.24) is 9.62 Å². The van der Waals surface area contributed by atoms with Crippen LogP contribution in [0.4, 0.5) is 5.69 Å². The van der Waals surface area contributed by atoms with E-state index in [4.69, 9.17) is 4.74 Å². The van der Waals surface area contributed by atoms with E-state index >= 15 is 0 Å². The number of rotatable bonds is 5. The number of sulfonamides is 1. The lowest BCUT2D eigenvalue weighted by atomic mass is 10.2. The highest BCUT2D eigenvalue weighted by Gasteiger charge is 2.33. The number of carbonyl (C=O) groups is 2. The van der Waals surface area contributed by atoms with Crippen molar-refractivity contribution in [3.05, 3.63) is 18.2 Å². The number of anilines is 1. The highest BCUT2D eigenvalue weighted by molar-refractivity contribution is 7.89. The van der Waals surface area contributed by atoms with Crippen molar-refractivity contribution in [1.29, 1.82) is 0 Å². The van der Waals surface area contributed by atoms with Gasteiger partial charge in [0.15, 0.2) is 6.61 Å². The number of carbonyl (C=O) groups excluding carboxylic acids is 2. The van der Waals surface area contributed by atoms with Crippen molar-refractivity contribution in [3.8, 4) is 5.75 Å². The fourth-order valence-corrected chi connectivity index (χ4v) is 4.78. The highest BCUT2D eigenvalue weighted by atomic mass is 32.2. The Morgan fingerprint density at radius 1 is 1.23 bits per heavy atom. The van der Waals surface area contributed by atoms with Crippen LogP contribution in [0.2, 0.25) is 0 Å². The number of nitrogens with one attached hydrogen (secondary N) is 1. The maximum absolute atomic E-state index is 12.8.